The van der Waals surface area contributed by atoms with Crippen LogP contribution in [0.4, 0.5) is 0 Å². The molecule has 27 heavy (non-hydrogen) atoms. The Bertz CT molecular complexity index is 893. The van der Waals surface area contributed by atoms with Gasteiger partial charge in [-0.2, -0.15) is 4.31 Å². The lowest BCUT2D eigenvalue weighted by Crippen LogP contribution is -2.59. The van der Waals surface area contributed by atoms with Crippen molar-refractivity contribution in [1.82, 2.24) is 9.21 Å². The highest BCUT2D eigenvalue weighted by Gasteiger charge is 2.41. The number of aryl methyl sites for hydroxylation is 1. The second kappa shape index (κ2) is 7.82. The molecular weight excluding hydrogens is 360 g/mol. The number of hydrogen-bond donors (Lipinski definition) is 0. The Labute approximate surface area is 161 Å². The normalized spacial score (nSPS) is 18.7. The highest BCUT2D eigenvalue weighted by molar-refractivity contribution is 7.89. The van der Waals surface area contributed by atoms with Crippen LogP contribution in [0.25, 0.3) is 0 Å². The van der Waals surface area contributed by atoms with Gasteiger partial charge >= 0.3 is 0 Å². The van der Waals surface area contributed by atoms with E-state index in [9.17, 15) is 13.2 Å². The molecule has 2 aromatic rings. The van der Waals surface area contributed by atoms with E-state index in [1.807, 2.05) is 39.0 Å². The third-order valence-electron chi connectivity index (χ3n) is 4.90. The Balaban J connectivity index is 1.98. The van der Waals surface area contributed by atoms with Crippen molar-refractivity contribution < 1.29 is 13.2 Å². The van der Waals surface area contributed by atoms with Crippen LogP contribution in [0.1, 0.15) is 36.2 Å². The summed E-state index contributed by atoms with van der Waals surface area (Å²) in [7, 11) is -3.68. The van der Waals surface area contributed by atoms with Gasteiger partial charge in [0.2, 0.25) is 10.0 Å². The van der Waals surface area contributed by atoms with Gasteiger partial charge in [0.25, 0.3) is 5.91 Å². The number of hydrogen-bond acceptors (Lipinski definition) is 3. The molecule has 0 aliphatic carbocycles. The molecule has 1 fully saturated rings. The molecule has 0 bridgehead atoms. The van der Waals surface area contributed by atoms with Gasteiger partial charge in [-0.05, 0) is 43.5 Å². The van der Waals surface area contributed by atoms with Gasteiger partial charge in [-0.15, -0.1) is 0 Å². The molecule has 0 radical (unpaired) electrons. The van der Waals surface area contributed by atoms with Gasteiger partial charge in [0.05, 0.1) is 4.90 Å². The monoisotopic (exact) mass is 386 g/mol. The molecule has 5 nitrogen and oxygen atoms in total. The van der Waals surface area contributed by atoms with Crippen LogP contribution >= 0.6 is 0 Å². The van der Waals surface area contributed by atoms with Crippen LogP contribution in [0.5, 0.6) is 0 Å². The van der Waals surface area contributed by atoms with Gasteiger partial charge in [-0.1, -0.05) is 49.7 Å². The third-order valence-corrected chi connectivity index (χ3v) is 6.78. The number of carbonyl (C=O) groups is 1. The second-order valence-corrected chi connectivity index (χ2v) is 9.20. The summed E-state index contributed by atoms with van der Waals surface area (Å²) in [6.45, 7) is 6.81. The molecule has 6 heteroatoms. The number of nitrogens with zero attached hydrogens (tertiary/aromatic N) is 2. The van der Waals surface area contributed by atoms with Crippen molar-refractivity contribution in [3.8, 4) is 0 Å². The largest absolute Gasteiger partial charge is 0.322 e. The van der Waals surface area contributed by atoms with Crippen molar-refractivity contribution in [2.24, 2.45) is 5.92 Å². The summed E-state index contributed by atoms with van der Waals surface area (Å²) in [4.78, 5) is 15.0. The highest BCUT2D eigenvalue weighted by atomic mass is 32.2. The molecular formula is C21H26N2O3S. The van der Waals surface area contributed by atoms with Gasteiger partial charge in [-0.25, -0.2) is 8.42 Å². The van der Waals surface area contributed by atoms with Crippen molar-refractivity contribution in [1.29, 1.82) is 0 Å². The van der Waals surface area contributed by atoms with E-state index in [1.54, 1.807) is 41.3 Å². The van der Waals surface area contributed by atoms with E-state index in [1.165, 1.54) is 4.31 Å². The molecule has 1 amide bonds. The molecule has 1 heterocycles. The van der Waals surface area contributed by atoms with E-state index in [-0.39, 0.29) is 16.7 Å². The van der Waals surface area contributed by atoms with Crippen molar-refractivity contribution in [2.75, 3.05) is 13.1 Å². The van der Waals surface area contributed by atoms with Crippen LogP contribution in [0, 0.1) is 12.8 Å². The summed E-state index contributed by atoms with van der Waals surface area (Å²) >= 11 is 0. The first kappa shape index (κ1) is 19.6. The van der Waals surface area contributed by atoms with Crippen LogP contribution < -0.4 is 0 Å². The number of sulfonamides is 1. The lowest BCUT2D eigenvalue weighted by Gasteiger charge is -2.45. The molecule has 0 saturated carbocycles. The second-order valence-electron chi connectivity index (χ2n) is 7.30. The third kappa shape index (κ3) is 3.92. The molecule has 1 aliphatic heterocycles. The van der Waals surface area contributed by atoms with E-state index in [0.29, 0.717) is 25.1 Å². The Kier molecular flexibility index (Phi) is 5.67. The first-order valence-electron chi connectivity index (χ1n) is 9.27. The maximum atomic E-state index is 13.3. The summed E-state index contributed by atoms with van der Waals surface area (Å²) in [6.07, 6.45) is 0.116. The molecule has 0 aromatic heterocycles. The van der Waals surface area contributed by atoms with Gasteiger partial charge in [0.1, 0.15) is 6.17 Å². The van der Waals surface area contributed by atoms with Crippen molar-refractivity contribution in [2.45, 2.75) is 38.3 Å². The van der Waals surface area contributed by atoms with Gasteiger partial charge in [0, 0.05) is 18.7 Å². The van der Waals surface area contributed by atoms with Crippen molar-refractivity contribution in [3.05, 3.63) is 65.7 Å². The van der Waals surface area contributed by atoms with Crippen LogP contribution in [0.2, 0.25) is 0 Å². The van der Waals surface area contributed by atoms with Crippen LogP contribution in [-0.2, 0) is 10.0 Å². The van der Waals surface area contributed by atoms with E-state index in [2.05, 4.69) is 0 Å². The lowest BCUT2D eigenvalue weighted by atomic mass is 10.1. The molecule has 3 rings (SSSR count). The number of rotatable bonds is 4. The van der Waals surface area contributed by atoms with E-state index in [0.717, 1.165) is 5.56 Å². The van der Waals surface area contributed by atoms with Gasteiger partial charge in [0.15, 0.2) is 0 Å². The average Bonchev–Trinajstić information content (AvgIpc) is 2.67. The summed E-state index contributed by atoms with van der Waals surface area (Å²) < 4.78 is 28.1. The van der Waals surface area contributed by atoms with Crippen LogP contribution in [0.15, 0.2) is 59.5 Å². The molecule has 1 aliphatic rings. The summed E-state index contributed by atoms with van der Waals surface area (Å²) in [5, 5.41) is 0. The molecule has 0 spiro atoms. The fourth-order valence-corrected chi connectivity index (χ4v) is 5.35. The quantitative estimate of drug-likeness (QED) is 0.808. The minimum Gasteiger partial charge on any atom is -0.322 e. The average molecular weight is 387 g/mol. The SMILES string of the molecule is Cc1ccc(S(=O)(=O)N2CCCN(C(=O)c3ccccc3)[C@@H]2C(C)C)cc1. The maximum absolute atomic E-state index is 13.3. The summed E-state index contributed by atoms with van der Waals surface area (Å²) in [5.74, 6) is -0.156. The molecule has 0 unspecified atom stereocenters. The van der Waals surface area contributed by atoms with E-state index in [4.69, 9.17) is 0 Å². The predicted octanol–water partition coefficient (Wildman–Crippen LogP) is 3.51. The first-order valence-corrected chi connectivity index (χ1v) is 10.7. The first-order chi connectivity index (χ1) is 12.8. The Morgan fingerprint density at radius 3 is 2.22 bits per heavy atom. The molecule has 1 saturated heterocycles. The minimum atomic E-state index is -3.68. The highest BCUT2D eigenvalue weighted by Crippen LogP contribution is 2.29. The Morgan fingerprint density at radius 2 is 1.63 bits per heavy atom. The molecule has 1 atom stereocenters. The topological polar surface area (TPSA) is 57.7 Å². The lowest BCUT2D eigenvalue weighted by molar-refractivity contribution is 0.0227. The standard InChI is InChI=1S/C21H26N2O3S/c1-16(2)20-22(21(24)18-8-5-4-6-9-18)14-7-15-23(20)27(25,26)19-12-10-17(3)11-13-19/h4-6,8-13,16,20H,7,14-15H2,1-3H3/t20-/m0/s1. The molecule has 2 aromatic carbocycles. The number of amides is 1. The van der Waals surface area contributed by atoms with Crippen LogP contribution in [0.3, 0.4) is 0 Å². The fraction of sp³-hybridized carbons (Fsp3) is 0.381. The van der Waals surface area contributed by atoms with Crippen molar-refractivity contribution >= 4 is 15.9 Å². The maximum Gasteiger partial charge on any atom is 0.255 e. The minimum absolute atomic E-state index is 0.0295. The molecule has 144 valence electrons. The zero-order valence-electron chi connectivity index (χ0n) is 16.0. The zero-order chi connectivity index (χ0) is 19.6. The number of benzene rings is 2. The van der Waals surface area contributed by atoms with Crippen LogP contribution in [-0.4, -0.2) is 42.8 Å². The predicted molar refractivity (Wildman–Crippen MR) is 106 cm³/mol. The zero-order valence-corrected chi connectivity index (χ0v) is 16.8. The van der Waals surface area contributed by atoms with E-state index >= 15 is 0 Å². The summed E-state index contributed by atoms with van der Waals surface area (Å²) in [6, 6.07) is 15.9. The Hall–Kier alpha value is -2.18. The Morgan fingerprint density at radius 1 is 1.00 bits per heavy atom. The van der Waals surface area contributed by atoms with Crippen molar-refractivity contribution in [3.63, 3.8) is 0 Å². The van der Waals surface area contributed by atoms with Gasteiger partial charge < -0.3 is 4.90 Å². The number of carbonyl (C=O) groups excluding carboxylic acids is 1. The summed E-state index contributed by atoms with van der Waals surface area (Å²) in [5.41, 5.74) is 1.59. The van der Waals surface area contributed by atoms with Gasteiger partial charge in [-0.3, -0.25) is 4.79 Å². The smallest absolute Gasteiger partial charge is 0.255 e. The van der Waals surface area contributed by atoms with E-state index < -0.39 is 16.2 Å². The molecule has 0 N–H and O–H groups in total. The fourth-order valence-electron chi connectivity index (χ4n) is 3.59.